The average Bonchev–Trinajstić information content (AvgIpc) is 2.59. The number of anilines is 1. The van der Waals surface area contributed by atoms with Crippen molar-refractivity contribution in [3.05, 3.63) is 60.2 Å². The zero-order valence-corrected chi connectivity index (χ0v) is 15.0. The first-order valence-electron chi connectivity index (χ1n) is 8.48. The number of urea groups is 1. The molecule has 0 spiro atoms. The maximum atomic E-state index is 12.4. The third kappa shape index (κ3) is 6.12. The first-order valence-corrected chi connectivity index (χ1v) is 8.48. The number of hydrogen-bond donors (Lipinski definition) is 2. The number of aliphatic hydroxyl groups is 1. The molecule has 2 aromatic carbocycles. The summed E-state index contributed by atoms with van der Waals surface area (Å²) in [4.78, 5) is 14.0. The Morgan fingerprint density at radius 1 is 1.08 bits per heavy atom. The number of rotatable bonds is 7. The zero-order valence-electron chi connectivity index (χ0n) is 15.0. The van der Waals surface area contributed by atoms with E-state index >= 15 is 0 Å². The number of nitrogens with zero attached hydrogens (tertiary/aromatic N) is 1. The van der Waals surface area contributed by atoms with Crippen molar-refractivity contribution < 1.29 is 14.6 Å². The van der Waals surface area contributed by atoms with Crippen molar-refractivity contribution >= 4 is 11.7 Å². The van der Waals surface area contributed by atoms with Crippen LogP contribution in [0.4, 0.5) is 10.5 Å². The van der Waals surface area contributed by atoms with Crippen LogP contribution in [0.5, 0.6) is 5.75 Å². The van der Waals surface area contributed by atoms with E-state index < -0.39 is 6.10 Å². The molecule has 25 heavy (non-hydrogen) atoms. The summed E-state index contributed by atoms with van der Waals surface area (Å²) in [6.45, 7) is 6.28. The number of aliphatic hydroxyl groups excluding tert-OH is 1. The predicted molar refractivity (Wildman–Crippen MR) is 99.8 cm³/mol. The van der Waals surface area contributed by atoms with Crippen LogP contribution in [-0.4, -0.2) is 34.7 Å². The maximum absolute atomic E-state index is 12.4. The van der Waals surface area contributed by atoms with E-state index in [1.54, 1.807) is 11.8 Å². The molecule has 0 saturated carbocycles. The number of benzene rings is 2. The standard InChI is InChI=1S/C20H26N2O3/c1-15(2)22(13-16(3)23)20(24)21-18-11-9-17(10-12-18)14-25-19-7-5-4-6-8-19/h4-12,15-16,23H,13-14H2,1-3H3,(H,21,24). The van der Waals surface area contributed by atoms with Gasteiger partial charge in [0.1, 0.15) is 12.4 Å². The molecule has 5 nitrogen and oxygen atoms in total. The van der Waals surface area contributed by atoms with E-state index in [4.69, 9.17) is 4.74 Å². The van der Waals surface area contributed by atoms with Crippen LogP contribution in [0.2, 0.25) is 0 Å². The fourth-order valence-electron chi connectivity index (χ4n) is 2.38. The van der Waals surface area contributed by atoms with E-state index in [1.165, 1.54) is 0 Å². The number of carbonyl (C=O) groups excluding carboxylic acids is 1. The Labute approximate surface area is 149 Å². The van der Waals surface area contributed by atoms with Gasteiger partial charge in [-0.3, -0.25) is 0 Å². The summed E-state index contributed by atoms with van der Waals surface area (Å²) in [5.74, 6) is 0.825. The van der Waals surface area contributed by atoms with Crippen LogP contribution in [0.3, 0.4) is 0 Å². The van der Waals surface area contributed by atoms with E-state index in [-0.39, 0.29) is 12.1 Å². The van der Waals surface area contributed by atoms with Gasteiger partial charge in [0.15, 0.2) is 0 Å². The normalized spacial score (nSPS) is 11.9. The Morgan fingerprint density at radius 3 is 2.28 bits per heavy atom. The lowest BCUT2D eigenvalue weighted by Crippen LogP contribution is -2.43. The zero-order chi connectivity index (χ0) is 18.2. The molecule has 2 amide bonds. The topological polar surface area (TPSA) is 61.8 Å². The van der Waals surface area contributed by atoms with Gasteiger partial charge in [0.2, 0.25) is 0 Å². The average molecular weight is 342 g/mol. The molecule has 0 heterocycles. The molecular formula is C20H26N2O3. The molecule has 2 rings (SSSR count). The molecular weight excluding hydrogens is 316 g/mol. The van der Waals surface area contributed by atoms with Crippen molar-refractivity contribution in [3.8, 4) is 5.75 Å². The monoisotopic (exact) mass is 342 g/mol. The number of para-hydroxylation sites is 1. The number of amides is 2. The molecule has 0 aromatic heterocycles. The summed E-state index contributed by atoms with van der Waals surface area (Å²) in [6.07, 6.45) is -0.564. The largest absolute Gasteiger partial charge is 0.489 e. The number of carbonyl (C=O) groups is 1. The van der Waals surface area contributed by atoms with Gasteiger partial charge in [0, 0.05) is 18.3 Å². The highest BCUT2D eigenvalue weighted by molar-refractivity contribution is 5.89. The van der Waals surface area contributed by atoms with Gasteiger partial charge in [0.05, 0.1) is 6.10 Å². The third-order valence-electron chi connectivity index (χ3n) is 3.70. The van der Waals surface area contributed by atoms with Gasteiger partial charge in [-0.2, -0.15) is 0 Å². The first-order chi connectivity index (χ1) is 12.0. The van der Waals surface area contributed by atoms with Crippen LogP contribution in [0.25, 0.3) is 0 Å². The molecule has 0 aliphatic carbocycles. The molecule has 0 aliphatic rings. The molecule has 0 saturated heterocycles. The molecule has 0 bridgehead atoms. The highest BCUT2D eigenvalue weighted by Gasteiger charge is 2.18. The van der Waals surface area contributed by atoms with E-state index in [0.717, 1.165) is 11.3 Å². The van der Waals surface area contributed by atoms with E-state index in [9.17, 15) is 9.90 Å². The highest BCUT2D eigenvalue weighted by Crippen LogP contribution is 2.15. The Bertz CT molecular complexity index is 654. The van der Waals surface area contributed by atoms with Gasteiger partial charge in [-0.1, -0.05) is 30.3 Å². The minimum atomic E-state index is -0.564. The number of hydrogen-bond acceptors (Lipinski definition) is 3. The van der Waals surface area contributed by atoms with Gasteiger partial charge in [-0.05, 0) is 50.6 Å². The van der Waals surface area contributed by atoms with Crippen molar-refractivity contribution in [3.63, 3.8) is 0 Å². The van der Waals surface area contributed by atoms with Crippen molar-refractivity contribution in [2.24, 2.45) is 0 Å². The molecule has 0 fully saturated rings. The molecule has 5 heteroatoms. The maximum Gasteiger partial charge on any atom is 0.322 e. The summed E-state index contributed by atoms with van der Waals surface area (Å²) in [7, 11) is 0. The Kier molecular flexibility index (Phi) is 6.83. The second-order valence-corrected chi connectivity index (χ2v) is 6.32. The van der Waals surface area contributed by atoms with Gasteiger partial charge in [-0.25, -0.2) is 4.79 Å². The van der Waals surface area contributed by atoms with Crippen molar-refractivity contribution in [1.82, 2.24) is 4.90 Å². The van der Waals surface area contributed by atoms with Crippen LogP contribution in [-0.2, 0) is 6.61 Å². The van der Waals surface area contributed by atoms with Crippen molar-refractivity contribution in [2.45, 2.75) is 39.5 Å². The van der Waals surface area contributed by atoms with Crippen molar-refractivity contribution in [1.29, 1.82) is 0 Å². The molecule has 134 valence electrons. The summed E-state index contributed by atoms with van der Waals surface area (Å²) in [6, 6.07) is 17.0. The fourth-order valence-corrected chi connectivity index (χ4v) is 2.38. The predicted octanol–water partition coefficient (Wildman–Crippen LogP) is 3.89. The minimum Gasteiger partial charge on any atom is -0.489 e. The summed E-state index contributed by atoms with van der Waals surface area (Å²) < 4.78 is 5.70. The lowest BCUT2D eigenvalue weighted by Gasteiger charge is -2.28. The Hall–Kier alpha value is -2.53. The Morgan fingerprint density at radius 2 is 1.72 bits per heavy atom. The lowest BCUT2D eigenvalue weighted by atomic mass is 10.2. The first kappa shape index (κ1) is 18.8. The molecule has 2 aromatic rings. The van der Waals surface area contributed by atoms with Crippen LogP contribution in [0.1, 0.15) is 26.3 Å². The number of nitrogens with one attached hydrogen (secondary N) is 1. The fraction of sp³-hybridized carbons (Fsp3) is 0.350. The van der Waals surface area contributed by atoms with Gasteiger partial charge in [0.25, 0.3) is 0 Å². The van der Waals surface area contributed by atoms with Gasteiger partial charge in [-0.15, -0.1) is 0 Å². The molecule has 0 aliphatic heterocycles. The van der Waals surface area contributed by atoms with Crippen LogP contribution < -0.4 is 10.1 Å². The molecule has 2 N–H and O–H groups in total. The summed E-state index contributed by atoms with van der Waals surface area (Å²) in [5.41, 5.74) is 1.73. The van der Waals surface area contributed by atoms with Crippen LogP contribution in [0, 0.1) is 0 Å². The highest BCUT2D eigenvalue weighted by atomic mass is 16.5. The van der Waals surface area contributed by atoms with Crippen LogP contribution in [0.15, 0.2) is 54.6 Å². The van der Waals surface area contributed by atoms with Gasteiger partial charge < -0.3 is 20.1 Å². The quantitative estimate of drug-likeness (QED) is 0.802. The second-order valence-electron chi connectivity index (χ2n) is 6.32. The Balaban J connectivity index is 1.91. The summed E-state index contributed by atoms with van der Waals surface area (Å²) in [5, 5.41) is 12.4. The summed E-state index contributed by atoms with van der Waals surface area (Å²) >= 11 is 0. The van der Waals surface area contributed by atoms with E-state index in [2.05, 4.69) is 5.32 Å². The van der Waals surface area contributed by atoms with Crippen LogP contribution >= 0.6 is 0 Å². The minimum absolute atomic E-state index is 0.00754. The molecule has 1 atom stereocenters. The number of ether oxygens (including phenoxy) is 1. The van der Waals surface area contributed by atoms with E-state index in [0.29, 0.717) is 18.8 Å². The SMILES string of the molecule is CC(O)CN(C(=O)Nc1ccc(COc2ccccc2)cc1)C(C)C. The second kappa shape index (κ2) is 9.08. The van der Waals surface area contributed by atoms with E-state index in [1.807, 2.05) is 68.4 Å². The van der Waals surface area contributed by atoms with Gasteiger partial charge >= 0.3 is 6.03 Å². The lowest BCUT2D eigenvalue weighted by molar-refractivity contribution is 0.125. The smallest absolute Gasteiger partial charge is 0.322 e. The third-order valence-corrected chi connectivity index (χ3v) is 3.70. The molecule has 0 radical (unpaired) electrons. The molecule has 1 unspecified atom stereocenters. The van der Waals surface area contributed by atoms with Crippen molar-refractivity contribution in [2.75, 3.05) is 11.9 Å².